The molecule has 0 aliphatic carbocycles. The van der Waals surface area contributed by atoms with Gasteiger partial charge in [0.25, 0.3) is 0 Å². The number of hydrogen-bond acceptors (Lipinski definition) is 5. The lowest BCUT2D eigenvalue weighted by Gasteiger charge is -2.16. The number of ether oxygens (including phenoxy) is 2. The molecule has 1 aliphatic rings. The van der Waals surface area contributed by atoms with E-state index in [9.17, 15) is 9.59 Å². The van der Waals surface area contributed by atoms with Crippen molar-refractivity contribution in [3.05, 3.63) is 54.1 Å². The van der Waals surface area contributed by atoms with Crippen molar-refractivity contribution in [2.75, 3.05) is 25.7 Å². The van der Waals surface area contributed by atoms with Gasteiger partial charge < -0.3 is 14.8 Å². The summed E-state index contributed by atoms with van der Waals surface area (Å²) in [5.41, 5.74) is 1.62. The first-order valence-corrected chi connectivity index (χ1v) is 7.83. The number of nitrogens with one attached hydrogen (secondary N) is 2. The van der Waals surface area contributed by atoms with Crippen molar-refractivity contribution >= 4 is 17.6 Å². The Morgan fingerprint density at radius 2 is 1.84 bits per heavy atom. The molecule has 130 valence electrons. The number of benzene rings is 2. The molecular weight excluding hydrogens is 322 g/mol. The van der Waals surface area contributed by atoms with Crippen molar-refractivity contribution in [2.45, 2.75) is 6.54 Å². The second-order valence-electron chi connectivity index (χ2n) is 5.73. The summed E-state index contributed by atoms with van der Waals surface area (Å²) in [6.45, 7) is 0.901. The van der Waals surface area contributed by atoms with Gasteiger partial charge in [-0.3, -0.25) is 15.0 Å². The molecule has 7 heteroatoms. The number of anilines is 1. The summed E-state index contributed by atoms with van der Waals surface area (Å²) in [5, 5.41) is 4.91. The third kappa shape index (κ3) is 4.71. The molecule has 3 amide bonds. The monoisotopic (exact) mass is 341 g/mol. The van der Waals surface area contributed by atoms with E-state index in [1.807, 2.05) is 42.3 Å². The summed E-state index contributed by atoms with van der Waals surface area (Å²) in [5.74, 6) is 0.813. The van der Waals surface area contributed by atoms with Crippen LogP contribution in [0.15, 0.2) is 48.5 Å². The zero-order valence-electron chi connectivity index (χ0n) is 13.8. The predicted octanol–water partition coefficient (Wildman–Crippen LogP) is 2.20. The lowest BCUT2D eigenvalue weighted by atomic mass is 10.2. The maximum Gasteiger partial charge on any atom is 0.325 e. The molecule has 0 aromatic heterocycles. The average molecular weight is 341 g/mol. The lowest BCUT2D eigenvalue weighted by Crippen LogP contribution is -2.40. The highest BCUT2D eigenvalue weighted by Crippen LogP contribution is 2.34. The van der Waals surface area contributed by atoms with E-state index < -0.39 is 6.03 Å². The molecule has 0 unspecified atom stereocenters. The van der Waals surface area contributed by atoms with Crippen molar-refractivity contribution in [3.63, 3.8) is 0 Å². The SMILES string of the molecule is CN(CC(=O)NC(=O)Nc1ccc2c(c1)OCO2)Cc1ccccc1. The maximum atomic E-state index is 12.0. The van der Waals surface area contributed by atoms with Crippen molar-refractivity contribution in [1.82, 2.24) is 10.2 Å². The van der Waals surface area contributed by atoms with Gasteiger partial charge in [-0.1, -0.05) is 30.3 Å². The van der Waals surface area contributed by atoms with Crippen molar-refractivity contribution in [3.8, 4) is 11.5 Å². The fourth-order valence-electron chi connectivity index (χ4n) is 2.50. The molecule has 1 aliphatic heterocycles. The van der Waals surface area contributed by atoms with Gasteiger partial charge in [0, 0.05) is 18.3 Å². The fourth-order valence-corrected chi connectivity index (χ4v) is 2.50. The molecule has 3 rings (SSSR count). The molecule has 7 nitrogen and oxygen atoms in total. The number of urea groups is 1. The summed E-state index contributed by atoms with van der Waals surface area (Å²) < 4.78 is 10.4. The average Bonchev–Trinajstić information content (AvgIpc) is 3.02. The van der Waals surface area contributed by atoms with Crippen LogP contribution in [0.3, 0.4) is 0 Å². The van der Waals surface area contributed by atoms with Gasteiger partial charge in [0.1, 0.15) is 0 Å². The van der Waals surface area contributed by atoms with E-state index in [1.54, 1.807) is 18.2 Å². The van der Waals surface area contributed by atoms with E-state index in [1.165, 1.54) is 0 Å². The molecular formula is C18H19N3O4. The van der Waals surface area contributed by atoms with E-state index in [0.717, 1.165) is 5.56 Å². The molecule has 25 heavy (non-hydrogen) atoms. The Bertz CT molecular complexity index is 764. The Morgan fingerprint density at radius 1 is 1.08 bits per heavy atom. The Kier molecular flexibility index (Phi) is 5.15. The van der Waals surface area contributed by atoms with Crippen LogP contribution >= 0.6 is 0 Å². The molecule has 0 atom stereocenters. The number of carbonyl (C=O) groups is 2. The van der Waals surface area contributed by atoms with Gasteiger partial charge in [0.2, 0.25) is 12.7 Å². The predicted molar refractivity (Wildman–Crippen MR) is 92.5 cm³/mol. The van der Waals surface area contributed by atoms with Crippen LogP contribution in [0.4, 0.5) is 10.5 Å². The van der Waals surface area contributed by atoms with Gasteiger partial charge in [0.15, 0.2) is 11.5 Å². The number of likely N-dealkylation sites (N-methyl/N-ethyl adjacent to an activating group) is 1. The van der Waals surface area contributed by atoms with Crippen LogP contribution in [-0.2, 0) is 11.3 Å². The zero-order chi connectivity index (χ0) is 17.6. The highest BCUT2D eigenvalue weighted by atomic mass is 16.7. The van der Waals surface area contributed by atoms with E-state index in [4.69, 9.17) is 9.47 Å². The Labute approximate surface area is 145 Å². The standard InChI is InChI=1S/C18H19N3O4/c1-21(10-13-5-3-2-4-6-13)11-17(22)20-18(23)19-14-7-8-15-16(9-14)25-12-24-15/h2-9H,10-12H2,1H3,(H2,19,20,22,23). The third-order valence-electron chi connectivity index (χ3n) is 3.59. The van der Waals surface area contributed by atoms with E-state index in [0.29, 0.717) is 23.7 Å². The summed E-state index contributed by atoms with van der Waals surface area (Å²) in [4.78, 5) is 25.7. The molecule has 0 radical (unpaired) electrons. The van der Waals surface area contributed by atoms with Gasteiger partial charge in [-0.05, 0) is 24.7 Å². The van der Waals surface area contributed by atoms with Gasteiger partial charge in [-0.15, -0.1) is 0 Å². The largest absolute Gasteiger partial charge is 0.454 e. The Morgan fingerprint density at radius 3 is 2.64 bits per heavy atom. The minimum absolute atomic E-state index is 0.115. The van der Waals surface area contributed by atoms with Gasteiger partial charge in [0.05, 0.1) is 6.54 Å². The lowest BCUT2D eigenvalue weighted by molar-refractivity contribution is -0.120. The van der Waals surface area contributed by atoms with Crippen LogP contribution in [-0.4, -0.2) is 37.2 Å². The molecule has 0 saturated carbocycles. The summed E-state index contributed by atoms with van der Waals surface area (Å²) >= 11 is 0. The van der Waals surface area contributed by atoms with Crippen LogP contribution < -0.4 is 20.1 Å². The number of fused-ring (bicyclic) bond motifs is 1. The van der Waals surface area contributed by atoms with E-state index in [2.05, 4.69) is 10.6 Å². The number of rotatable bonds is 5. The van der Waals surface area contributed by atoms with E-state index in [-0.39, 0.29) is 19.2 Å². The topological polar surface area (TPSA) is 79.9 Å². The molecule has 0 bridgehead atoms. The first-order chi connectivity index (χ1) is 12.1. The minimum Gasteiger partial charge on any atom is -0.454 e. The number of hydrogen-bond donors (Lipinski definition) is 2. The third-order valence-corrected chi connectivity index (χ3v) is 3.59. The van der Waals surface area contributed by atoms with Gasteiger partial charge >= 0.3 is 6.03 Å². The summed E-state index contributed by atoms with van der Waals surface area (Å²) in [7, 11) is 1.82. The molecule has 1 heterocycles. The number of nitrogens with zero attached hydrogens (tertiary/aromatic N) is 1. The normalized spacial score (nSPS) is 12.1. The second-order valence-corrected chi connectivity index (χ2v) is 5.73. The molecule has 0 spiro atoms. The van der Waals surface area contributed by atoms with Crippen LogP contribution in [0.25, 0.3) is 0 Å². The van der Waals surface area contributed by atoms with Crippen molar-refractivity contribution in [1.29, 1.82) is 0 Å². The van der Waals surface area contributed by atoms with Gasteiger partial charge in [-0.2, -0.15) is 0 Å². The van der Waals surface area contributed by atoms with Crippen LogP contribution in [0, 0.1) is 0 Å². The second kappa shape index (κ2) is 7.67. The van der Waals surface area contributed by atoms with Crippen LogP contribution in [0.1, 0.15) is 5.56 Å². The van der Waals surface area contributed by atoms with Crippen LogP contribution in [0.5, 0.6) is 11.5 Å². The molecule has 2 aromatic rings. The number of carbonyl (C=O) groups excluding carboxylic acids is 2. The Balaban J connectivity index is 1.46. The quantitative estimate of drug-likeness (QED) is 0.871. The number of amides is 3. The van der Waals surface area contributed by atoms with E-state index >= 15 is 0 Å². The highest BCUT2D eigenvalue weighted by Gasteiger charge is 2.15. The molecule has 2 aromatic carbocycles. The number of imide groups is 1. The molecule has 2 N–H and O–H groups in total. The summed E-state index contributed by atoms with van der Waals surface area (Å²) in [6, 6.07) is 14.2. The minimum atomic E-state index is -0.586. The summed E-state index contributed by atoms with van der Waals surface area (Å²) in [6.07, 6.45) is 0. The smallest absolute Gasteiger partial charge is 0.325 e. The van der Waals surface area contributed by atoms with Crippen molar-refractivity contribution in [2.24, 2.45) is 0 Å². The molecule has 0 fully saturated rings. The maximum absolute atomic E-state index is 12.0. The highest BCUT2D eigenvalue weighted by molar-refractivity contribution is 6.01. The first kappa shape index (κ1) is 16.8. The van der Waals surface area contributed by atoms with Crippen molar-refractivity contribution < 1.29 is 19.1 Å². The first-order valence-electron chi connectivity index (χ1n) is 7.83. The molecule has 0 saturated heterocycles. The Hall–Kier alpha value is -3.06. The fraction of sp³-hybridized carbons (Fsp3) is 0.222. The van der Waals surface area contributed by atoms with Crippen LogP contribution in [0.2, 0.25) is 0 Å². The zero-order valence-corrected chi connectivity index (χ0v) is 13.8. The van der Waals surface area contributed by atoms with Gasteiger partial charge in [-0.25, -0.2) is 4.79 Å².